The number of pyridine rings is 1. The summed E-state index contributed by atoms with van der Waals surface area (Å²) >= 11 is 0. The first-order valence-electron chi connectivity index (χ1n) is 7.96. The Morgan fingerprint density at radius 3 is 2.44 bits per heavy atom. The SMILES string of the molecule is Cc1c(F)cccc1C(=O)N1CCN(c2ccc(C(=O)O)cn2)CC1. The van der Waals surface area contributed by atoms with E-state index in [0.29, 0.717) is 43.1 Å². The fourth-order valence-corrected chi connectivity index (χ4v) is 2.85. The molecule has 0 radical (unpaired) electrons. The summed E-state index contributed by atoms with van der Waals surface area (Å²) in [7, 11) is 0. The van der Waals surface area contributed by atoms with Crippen molar-refractivity contribution < 1.29 is 19.1 Å². The summed E-state index contributed by atoms with van der Waals surface area (Å²) in [5.74, 6) is -0.892. The largest absolute Gasteiger partial charge is 0.478 e. The third-order valence-corrected chi connectivity index (χ3v) is 4.38. The van der Waals surface area contributed by atoms with Gasteiger partial charge in [-0.1, -0.05) is 6.07 Å². The summed E-state index contributed by atoms with van der Waals surface area (Å²) in [6, 6.07) is 7.70. The third kappa shape index (κ3) is 3.45. The molecule has 25 heavy (non-hydrogen) atoms. The van der Waals surface area contributed by atoms with Crippen molar-refractivity contribution in [2.75, 3.05) is 31.1 Å². The summed E-state index contributed by atoms with van der Waals surface area (Å²) in [6.07, 6.45) is 1.32. The zero-order valence-electron chi connectivity index (χ0n) is 13.8. The molecule has 6 nitrogen and oxygen atoms in total. The minimum absolute atomic E-state index is 0.138. The van der Waals surface area contributed by atoms with Crippen LogP contribution in [0.1, 0.15) is 26.3 Å². The summed E-state index contributed by atoms with van der Waals surface area (Å²) in [5.41, 5.74) is 0.886. The third-order valence-electron chi connectivity index (χ3n) is 4.38. The van der Waals surface area contributed by atoms with Crippen LogP contribution in [-0.2, 0) is 0 Å². The van der Waals surface area contributed by atoms with E-state index in [4.69, 9.17) is 5.11 Å². The predicted octanol–water partition coefficient (Wildman–Crippen LogP) is 2.19. The van der Waals surface area contributed by atoms with Crippen molar-refractivity contribution in [1.82, 2.24) is 9.88 Å². The lowest BCUT2D eigenvalue weighted by atomic mass is 10.1. The van der Waals surface area contributed by atoms with E-state index in [1.54, 1.807) is 30.0 Å². The van der Waals surface area contributed by atoms with Crippen molar-refractivity contribution >= 4 is 17.7 Å². The molecule has 0 spiro atoms. The molecule has 2 heterocycles. The van der Waals surface area contributed by atoms with Crippen LogP contribution in [0.4, 0.5) is 10.2 Å². The molecule has 0 aliphatic carbocycles. The standard InChI is InChI=1S/C18H18FN3O3/c1-12-14(3-2-4-15(12)19)17(23)22-9-7-21(8-10-22)16-6-5-13(11-20-16)18(24)25/h2-6,11H,7-10H2,1H3,(H,24,25). The number of aromatic nitrogens is 1. The van der Waals surface area contributed by atoms with Crippen LogP contribution in [-0.4, -0.2) is 53.0 Å². The quantitative estimate of drug-likeness (QED) is 0.925. The van der Waals surface area contributed by atoms with E-state index < -0.39 is 5.97 Å². The number of carbonyl (C=O) groups is 2. The number of anilines is 1. The molecule has 2 aromatic rings. The van der Waals surface area contributed by atoms with Crippen LogP contribution in [0.15, 0.2) is 36.5 Å². The maximum atomic E-state index is 13.7. The molecule has 1 N–H and O–H groups in total. The van der Waals surface area contributed by atoms with Crippen LogP contribution in [0.3, 0.4) is 0 Å². The molecular formula is C18H18FN3O3. The highest BCUT2D eigenvalue weighted by atomic mass is 19.1. The van der Waals surface area contributed by atoms with E-state index in [1.165, 1.54) is 18.3 Å². The van der Waals surface area contributed by atoms with Crippen molar-refractivity contribution in [2.45, 2.75) is 6.92 Å². The lowest BCUT2D eigenvalue weighted by Crippen LogP contribution is -2.49. The first-order chi connectivity index (χ1) is 12.0. The van der Waals surface area contributed by atoms with Gasteiger partial charge in [0, 0.05) is 37.9 Å². The number of nitrogens with zero attached hydrogens (tertiary/aromatic N) is 3. The average molecular weight is 343 g/mol. The molecular weight excluding hydrogens is 325 g/mol. The van der Waals surface area contributed by atoms with Crippen molar-refractivity contribution in [2.24, 2.45) is 0 Å². The number of hydrogen-bond donors (Lipinski definition) is 1. The molecule has 1 aliphatic rings. The number of carboxylic acid groups (broad SMARTS) is 1. The smallest absolute Gasteiger partial charge is 0.337 e. The minimum atomic E-state index is -1.01. The van der Waals surface area contributed by atoms with Gasteiger partial charge in [0.2, 0.25) is 0 Å². The van der Waals surface area contributed by atoms with Gasteiger partial charge in [0.1, 0.15) is 11.6 Å². The molecule has 1 aromatic heterocycles. The van der Waals surface area contributed by atoms with Crippen LogP contribution >= 0.6 is 0 Å². The second-order valence-corrected chi connectivity index (χ2v) is 5.90. The van der Waals surface area contributed by atoms with Crippen molar-refractivity contribution in [3.63, 3.8) is 0 Å². The minimum Gasteiger partial charge on any atom is -0.478 e. The molecule has 130 valence electrons. The van der Waals surface area contributed by atoms with Gasteiger partial charge in [0.05, 0.1) is 5.56 Å². The first kappa shape index (κ1) is 16.9. The van der Waals surface area contributed by atoms with E-state index in [0.717, 1.165) is 0 Å². The number of benzene rings is 1. The Bertz CT molecular complexity index is 800. The molecule has 3 rings (SSSR count). The van der Waals surface area contributed by atoms with E-state index in [2.05, 4.69) is 4.98 Å². The Morgan fingerprint density at radius 1 is 1.12 bits per heavy atom. The molecule has 0 atom stereocenters. The van der Waals surface area contributed by atoms with Gasteiger partial charge >= 0.3 is 5.97 Å². The van der Waals surface area contributed by atoms with Crippen LogP contribution in [0.5, 0.6) is 0 Å². The Kier molecular flexibility index (Phi) is 4.65. The molecule has 1 fully saturated rings. The number of halogens is 1. The van der Waals surface area contributed by atoms with Gasteiger partial charge in [-0.05, 0) is 36.8 Å². The van der Waals surface area contributed by atoms with E-state index in [1.807, 2.05) is 4.90 Å². The Labute approximate surface area is 144 Å². The molecule has 0 bridgehead atoms. The maximum Gasteiger partial charge on any atom is 0.337 e. The predicted molar refractivity (Wildman–Crippen MR) is 90.4 cm³/mol. The van der Waals surface area contributed by atoms with E-state index >= 15 is 0 Å². The van der Waals surface area contributed by atoms with Crippen LogP contribution in [0, 0.1) is 12.7 Å². The molecule has 7 heteroatoms. The van der Waals surface area contributed by atoms with Gasteiger partial charge in [-0.2, -0.15) is 0 Å². The van der Waals surface area contributed by atoms with Crippen LogP contribution in [0.25, 0.3) is 0 Å². The number of carbonyl (C=O) groups excluding carboxylic acids is 1. The summed E-state index contributed by atoms with van der Waals surface area (Å²) in [6.45, 7) is 3.76. The molecule has 1 aliphatic heterocycles. The first-order valence-corrected chi connectivity index (χ1v) is 7.96. The van der Waals surface area contributed by atoms with Gasteiger partial charge < -0.3 is 14.9 Å². The van der Waals surface area contributed by atoms with Crippen LogP contribution in [0.2, 0.25) is 0 Å². The number of rotatable bonds is 3. The Hall–Kier alpha value is -2.96. The lowest BCUT2D eigenvalue weighted by Gasteiger charge is -2.35. The number of amides is 1. The van der Waals surface area contributed by atoms with Gasteiger partial charge in [-0.25, -0.2) is 14.2 Å². The van der Waals surface area contributed by atoms with Crippen molar-refractivity contribution in [3.8, 4) is 0 Å². The van der Waals surface area contributed by atoms with Crippen molar-refractivity contribution in [3.05, 3.63) is 59.0 Å². The van der Waals surface area contributed by atoms with Crippen molar-refractivity contribution in [1.29, 1.82) is 0 Å². The van der Waals surface area contributed by atoms with Gasteiger partial charge in [-0.15, -0.1) is 0 Å². The Morgan fingerprint density at radius 2 is 1.84 bits per heavy atom. The fraction of sp³-hybridized carbons (Fsp3) is 0.278. The monoisotopic (exact) mass is 343 g/mol. The molecule has 0 unspecified atom stereocenters. The normalized spacial score (nSPS) is 14.5. The highest BCUT2D eigenvalue weighted by molar-refractivity contribution is 5.95. The second kappa shape index (κ2) is 6.88. The summed E-state index contributed by atoms with van der Waals surface area (Å²) in [5, 5.41) is 8.91. The highest BCUT2D eigenvalue weighted by Crippen LogP contribution is 2.18. The number of aromatic carboxylic acids is 1. The molecule has 1 aromatic carbocycles. The van der Waals surface area contributed by atoms with Crippen LogP contribution < -0.4 is 4.90 Å². The zero-order chi connectivity index (χ0) is 18.0. The van der Waals surface area contributed by atoms with Gasteiger partial charge in [0.25, 0.3) is 5.91 Å². The lowest BCUT2D eigenvalue weighted by molar-refractivity contribution is 0.0694. The number of piperazine rings is 1. The molecule has 1 amide bonds. The maximum absolute atomic E-state index is 13.7. The van der Waals surface area contributed by atoms with Gasteiger partial charge in [-0.3, -0.25) is 4.79 Å². The highest BCUT2D eigenvalue weighted by Gasteiger charge is 2.24. The topological polar surface area (TPSA) is 73.7 Å². The summed E-state index contributed by atoms with van der Waals surface area (Å²) < 4.78 is 13.7. The Balaban J connectivity index is 1.66. The molecule has 0 saturated carbocycles. The van der Waals surface area contributed by atoms with Gasteiger partial charge in [0.15, 0.2) is 0 Å². The number of hydrogen-bond acceptors (Lipinski definition) is 4. The molecule has 1 saturated heterocycles. The van der Waals surface area contributed by atoms with E-state index in [-0.39, 0.29) is 17.3 Å². The average Bonchev–Trinajstić information content (AvgIpc) is 2.64. The fourth-order valence-electron chi connectivity index (χ4n) is 2.85. The second-order valence-electron chi connectivity index (χ2n) is 5.90. The number of carboxylic acids is 1. The van der Waals surface area contributed by atoms with E-state index in [9.17, 15) is 14.0 Å². The summed E-state index contributed by atoms with van der Waals surface area (Å²) in [4.78, 5) is 31.3. The zero-order valence-corrected chi connectivity index (χ0v) is 13.8.